The highest BCUT2D eigenvalue weighted by Gasteiger charge is 2.12. The summed E-state index contributed by atoms with van der Waals surface area (Å²) in [5.41, 5.74) is 8.76. The predicted molar refractivity (Wildman–Crippen MR) is 152 cm³/mol. The normalized spacial score (nSPS) is 11.9. The zero-order chi connectivity index (χ0) is 23.6. The number of thiophene rings is 1. The quantitative estimate of drug-likeness (QED) is 0.249. The summed E-state index contributed by atoms with van der Waals surface area (Å²) in [6.07, 6.45) is 0. The van der Waals surface area contributed by atoms with E-state index in [1.807, 2.05) is 0 Å². The van der Waals surface area contributed by atoms with Gasteiger partial charge in [0.15, 0.2) is 0 Å². The monoisotopic (exact) mass is 477 g/mol. The lowest BCUT2D eigenvalue weighted by Gasteiger charge is -2.10. The second-order valence-electron chi connectivity index (χ2n) is 9.10. The van der Waals surface area contributed by atoms with Crippen LogP contribution in [0.5, 0.6) is 0 Å². The molecule has 0 radical (unpaired) electrons. The Hall–Kier alpha value is -4.54. The molecule has 0 aliphatic rings. The average molecular weight is 478 g/mol. The van der Waals surface area contributed by atoms with Gasteiger partial charge in [-0.2, -0.15) is 0 Å². The molecule has 0 N–H and O–H groups in total. The molecule has 3 aromatic heterocycles. The van der Waals surface area contributed by atoms with Crippen molar-refractivity contribution in [1.82, 2.24) is 14.5 Å². The van der Waals surface area contributed by atoms with Crippen molar-refractivity contribution in [2.75, 3.05) is 0 Å². The summed E-state index contributed by atoms with van der Waals surface area (Å²) in [5.74, 6) is 0. The number of hydrogen-bond acceptors (Lipinski definition) is 3. The molecule has 0 amide bonds. The largest absolute Gasteiger partial charge is 0.309 e. The summed E-state index contributed by atoms with van der Waals surface area (Å²) in [6, 6.07) is 40.8. The van der Waals surface area contributed by atoms with Crippen LogP contribution in [-0.2, 0) is 0 Å². The van der Waals surface area contributed by atoms with Crippen LogP contribution in [0.3, 0.4) is 0 Å². The van der Waals surface area contributed by atoms with E-state index in [-0.39, 0.29) is 0 Å². The summed E-state index contributed by atoms with van der Waals surface area (Å²) >= 11 is 1.70. The Balaban J connectivity index is 1.24. The van der Waals surface area contributed by atoms with Crippen molar-refractivity contribution in [3.63, 3.8) is 0 Å². The Bertz CT molecular complexity index is 2050. The van der Waals surface area contributed by atoms with Crippen molar-refractivity contribution < 1.29 is 0 Å². The van der Waals surface area contributed by atoms with Crippen molar-refractivity contribution in [1.29, 1.82) is 0 Å². The number of para-hydroxylation sites is 2. The van der Waals surface area contributed by atoms with Gasteiger partial charge < -0.3 is 4.57 Å². The van der Waals surface area contributed by atoms with E-state index in [1.54, 1.807) is 11.3 Å². The molecule has 3 nitrogen and oxygen atoms in total. The molecule has 8 rings (SSSR count). The van der Waals surface area contributed by atoms with E-state index in [0.717, 1.165) is 32.6 Å². The minimum atomic E-state index is 0.928. The van der Waals surface area contributed by atoms with E-state index in [4.69, 9.17) is 9.97 Å². The van der Waals surface area contributed by atoms with Gasteiger partial charge in [0, 0.05) is 26.5 Å². The van der Waals surface area contributed by atoms with Crippen molar-refractivity contribution >= 4 is 64.6 Å². The maximum atomic E-state index is 4.98. The van der Waals surface area contributed by atoms with Gasteiger partial charge in [-0.25, -0.2) is 9.97 Å². The molecular weight excluding hydrogens is 458 g/mol. The predicted octanol–water partition coefficient (Wildman–Crippen LogP) is 8.76. The maximum absolute atomic E-state index is 4.98. The minimum Gasteiger partial charge on any atom is -0.309 e. The van der Waals surface area contributed by atoms with E-state index >= 15 is 0 Å². The van der Waals surface area contributed by atoms with Crippen LogP contribution in [0.1, 0.15) is 0 Å². The van der Waals surface area contributed by atoms with E-state index in [2.05, 4.69) is 120 Å². The number of aromatic nitrogens is 3. The standard InChI is InChI=1S/C32H19N3S/c1-4-10-28-23(7-1)24-8-2-5-11-29(24)35(28)22-16-13-20(14-17-22)21-15-18-26-27(19-21)34-32-31(33-26)25-9-3-6-12-30(25)36-32/h1-19H. The SMILES string of the molecule is c1ccc2c(c1)sc1nc3cc(-c4ccc(-n5c6ccccc6c6ccccc65)cc4)ccc3nc12. The van der Waals surface area contributed by atoms with Crippen molar-refractivity contribution in [3.05, 3.63) is 115 Å². The van der Waals surface area contributed by atoms with Gasteiger partial charge in [-0.1, -0.05) is 72.8 Å². The third kappa shape index (κ3) is 2.85. The molecule has 8 aromatic rings. The Morgan fingerprint density at radius 1 is 0.528 bits per heavy atom. The highest BCUT2D eigenvalue weighted by molar-refractivity contribution is 7.25. The lowest BCUT2D eigenvalue weighted by atomic mass is 10.0. The van der Waals surface area contributed by atoms with Crippen LogP contribution in [0.4, 0.5) is 0 Å². The maximum Gasteiger partial charge on any atom is 0.143 e. The van der Waals surface area contributed by atoms with Gasteiger partial charge >= 0.3 is 0 Å². The fraction of sp³-hybridized carbons (Fsp3) is 0. The third-order valence-corrected chi connectivity index (χ3v) is 8.07. The second kappa shape index (κ2) is 7.48. The zero-order valence-electron chi connectivity index (χ0n) is 19.2. The van der Waals surface area contributed by atoms with Gasteiger partial charge in [0.25, 0.3) is 0 Å². The average Bonchev–Trinajstić information content (AvgIpc) is 3.47. The van der Waals surface area contributed by atoms with E-state index < -0.39 is 0 Å². The number of benzene rings is 5. The van der Waals surface area contributed by atoms with Crippen LogP contribution in [0, 0.1) is 0 Å². The van der Waals surface area contributed by atoms with Gasteiger partial charge in [0.1, 0.15) is 10.3 Å². The molecule has 0 atom stereocenters. The van der Waals surface area contributed by atoms with Crippen LogP contribution < -0.4 is 0 Å². The summed E-state index contributed by atoms with van der Waals surface area (Å²) in [4.78, 5) is 10.9. The molecule has 0 aliphatic carbocycles. The Labute approximate surface area is 210 Å². The van der Waals surface area contributed by atoms with Crippen molar-refractivity contribution in [2.24, 2.45) is 0 Å². The first-order chi connectivity index (χ1) is 17.8. The minimum absolute atomic E-state index is 0.928. The van der Waals surface area contributed by atoms with E-state index in [0.29, 0.717) is 0 Å². The molecule has 0 saturated heterocycles. The molecule has 36 heavy (non-hydrogen) atoms. The van der Waals surface area contributed by atoms with Crippen LogP contribution in [0.2, 0.25) is 0 Å². The molecule has 0 bridgehead atoms. The molecule has 0 fully saturated rings. The van der Waals surface area contributed by atoms with Crippen LogP contribution >= 0.6 is 11.3 Å². The van der Waals surface area contributed by atoms with Crippen LogP contribution in [-0.4, -0.2) is 14.5 Å². The van der Waals surface area contributed by atoms with Crippen LogP contribution in [0.25, 0.3) is 70.1 Å². The number of rotatable bonds is 2. The molecule has 0 unspecified atom stereocenters. The van der Waals surface area contributed by atoms with Crippen molar-refractivity contribution in [3.8, 4) is 16.8 Å². The van der Waals surface area contributed by atoms with Gasteiger partial charge in [-0.15, -0.1) is 11.3 Å². The second-order valence-corrected chi connectivity index (χ2v) is 10.1. The highest BCUT2D eigenvalue weighted by atomic mass is 32.1. The topological polar surface area (TPSA) is 30.7 Å². The smallest absolute Gasteiger partial charge is 0.143 e. The summed E-state index contributed by atoms with van der Waals surface area (Å²) in [7, 11) is 0. The van der Waals surface area contributed by atoms with Crippen LogP contribution in [0.15, 0.2) is 115 Å². The number of nitrogens with zero attached hydrogens (tertiary/aromatic N) is 3. The Morgan fingerprint density at radius 3 is 1.92 bits per heavy atom. The van der Waals surface area contributed by atoms with Gasteiger partial charge in [0.05, 0.1) is 22.1 Å². The lowest BCUT2D eigenvalue weighted by molar-refractivity contribution is 1.18. The van der Waals surface area contributed by atoms with E-state index in [9.17, 15) is 0 Å². The first-order valence-electron chi connectivity index (χ1n) is 12.0. The lowest BCUT2D eigenvalue weighted by Crippen LogP contribution is -1.93. The highest BCUT2D eigenvalue weighted by Crippen LogP contribution is 2.35. The molecule has 168 valence electrons. The Kier molecular flexibility index (Phi) is 4.10. The molecule has 3 heterocycles. The molecule has 0 spiro atoms. The molecule has 0 aliphatic heterocycles. The zero-order valence-corrected chi connectivity index (χ0v) is 20.0. The fourth-order valence-electron chi connectivity index (χ4n) is 5.32. The van der Waals surface area contributed by atoms with E-state index in [1.165, 1.54) is 37.5 Å². The summed E-state index contributed by atoms with van der Waals surface area (Å²) in [6.45, 7) is 0. The molecule has 5 aromatic carbocycles. The molecular formula is C32H19N3S. The Morgan fingerprint density at radius 2 is 1.17 bits per heavy atom. The fourth-order valence-corrected chi connectivity index (χ4v) is 6.35. The summed E-state index contributed by atoms with van der Waals surface area (Å²) < 4.78 is 3.57. The van der Waals surface area contributed by atoms with Gasteiger partial charge in [-0.05, 0) is 53.6 Å². The third-order valence-electron chi connectivity index (χ3n) is 7.02. The first kappa shape index (κ1) is 19.7. The first-order valence-corrected chi connectivity index (χ1v) is 12.8. The molecule has 4 heteroatoms. The van der Waals surface area contributed by atoms with Gasteiger partial charge in [-0.3, -0.25) is 0 Å². The molecule has 0 saturated carbocycles. The van der Waals surface area contributed by atoms with Gasteiger partial charge in [0.2, 0.25) is 0 Å². The number of fused-ring (bicyclic) bond motifs is 7. The van der Waals surface area contributed by atoms with Crippen molar-refractivity contribution in [2.45, 2.75) is 0 Å². The number of hydrogen-bond donors (Lipinski definition) is 0. The summed E-state index contributed by atoms with van der Waals surface area (Å²) in [5, 5.41) is 3.73.